The molecule has 2 aliphatic rings. The number of hydrogen-bond donors (Lipinski definition) is 1. The Labute approximate surface area is 205 Å². The number of fused-ring (bicyclic) bond motifs is 5. The fourth-order valence-corrected chi connectivity index (χ4v) is 5.44. The molecule has 6 rings (SSSR count). The van der Waals surface area contributed by atoms with Crippen LogP contribution in [-0.2, 0) is 6.54 Å². The molecule has 0 aliphatic carbocycles. The first-order valence-corrected chi connectivity index (χ1v) is 12.0. The van der Waals surface area contributed by atoms with Gasteiger partial charge >= 0.3 is 0 Å². The first kappa shape index (κ1) is 21.7. The highest BCUT2D eigenvalue weighted by Crippen LogP contribution is 2.36. The summed E-state index contributed by atoms with van der Waals surface area (Å²) < 4.78 is 4.42. The third-order valence-electron chi connectivity index (χ3n) is 7.15. The summed E-state index contributed by atoms with van der Waals surface area (Å²) in [5, 5.41) is 19.8. The molecular formula is C28H28N6O. The lowest BCUT2D eigenvalue weighted by atomic mass is 10.1. The van der Waals surface area contributed by atoms with Crippen LogP contribution in [-0.4, -0.2) is 64.0 Å². The molecule has 7 heteroatoms. The van der Waals surface area contributed by atoms with E-state index in [2.05, 4.69) is 74.5 Å². The molecular weight excluding hydrogens is 436 g/mol. The molecule has 0 radical (unpaired) electrons. The Bertz CT molecular complexity index is 1420. The lowest BCUT2D eigenvalue weighted by Crippen LogP contribution is -2.29. The van der Waals surface area contributed by atoms with Gasteiger partial charge in [0.25, 0.3) is 0 Å². The minimum atomic E-state index is -0.317. The summed E-state index contributed by atoms with van der Waals surface area (Å²) in [5.41, 5.74) is 7.40. The SMILES string of the molecule is CN(C)C[C@H]1CN(c2ccc3c(c2)Cn2cc(-c4ccc(C#N)cc4)cc2-c2nccn2-3)C[C@@H]1O. The van der Waals surface area contributed by atoms with Gasteiger partial charge in [-0.3, -0.25) is 4.57 Å². The standard InChI is InChI=1S/C28H28N6O/c1-31(2)14-23-17-32(18-27(23)35)24-7-8-25-22(11-24)16-33-15-21(20-5-3-19(13-29)4-6-20)12-26(33)28-30-9-10-34(25)28/h3-12,15,23,27,35H,14,16-18H2,1-2H3/t23-,27-/m0/s1. The molecule has 0 amide bonds. The molecule has 1 fully saturated rings. The van der Waals surface area contributed by atoms with E-state index in [0.717, 1.165) is 53.7 Å². The molecule has 7 nitrogen and oxygen atoms in total. The van der Waals surface area contributed by atoms with Gasteiger partial charge in [0.05, 0.1) is 29.1 Å². The van der Waals surface area contributed by atoms with Crippen molar-refractivity contribution in [3.05, 3.63) is 78.2 Å². The Morgan fingerprint density at radius 2 is 1.91 bits per heavy atom. The number of aliphatic hydroxyl groups is 1. The molecule has 1 saturated heterocycles. The van der Waals surface area contributed by atoms with Crippen LogP contribution in [0.5, 0.6) is 0 Å². The van der Waals surface area contributed by atoms with E-state index in [-0.39, 0.29) is 12.0 Å². The molecule has 4 heterocycles. The van der Waals surface area contributed by atoms with Gasteiger partial charge in [-0.25, -0.2) is 4.98 Å². The first-order chi connectivity index (χ1) is 17.0. The van der Waals surface area contributed by atoms with Crippen molar-refractivity contribution in [3.8, 4) is 34.4 Å². The van der Waals surface area contributed by atoms with Crippen molar-refractivity contribution in [1.29, 1.82) is 5.26 Å². The molecule has 2 aliphatic heterocycles. The first-order valence-electron chi connectivity index (χ1n) is 12.0. The highest BCUT2D eigenvalue weighted by Gasteiger charge is 2.32. The van der Waals surface area contributed by atoms with Crippen molar-refractivity contribution < 1.29 is 5.11 Å². The van der Waals surface area contributed by atoms with Crippen molar-refractivity contribution in [1.82, 2.24) is 19.0 Å². The number of rotatable bonds is 4. The summed E-state index contributed by atoms with van der Waals surface area (Å²) >= 11 is 0. The zero-order valence-electron chi connectivity index (χ0n) is 20.0. The average molecular weight is 465 g/mol. The highest BCUT2D eigenvalue weighted by atomic mass is 16.3. The van der Waals surface area contributed by atoms with Gasteiger partial charge in [0.15, 0.2) is 5.82 Å². The van der Waals surface area contributed by atoms with Crippen LogP contribution in [0.4, 0.5) is 5.69 Å². The molecule has 0 bridgehead atoms. The summed E-state index contributed by atoms with van der Waals surface area (Å²) in [6.45, 7) is 3.12. The van der Waals surface area contributed by atoms with Crippen LogP contribution in [0.3, 0.4) is 0 Å². The zero-order chi connectivity index (χ0) is 24.1. The Kier molecular flexibility index (Phi) is 5.21. The fourth-order valence-electron chi connectivity index (χ4n) is 5.44. The molecule has 1 N–H and O–H groups in total. The van der Waals surface area contributed by atoms with Gasteiger partial charge in [-0.15, -0.1) is 0 Å². The van der Waals surface area contributed by atoms with Crippen LogP contribution >= 0.6 is 0 Å². The van der Waals surface area contributed by atoms with Gasteiger partial charge in [0.1, 0.15) is 0 Å². The van der Waals surface area contributed by atoms with Gasteiger partial charge in [0.2, 0.25) is 0 Å². The van der Waals surface area contributed by atoms with E-state index < -0.39 is 0 Å². The molecule has 35 heavy (non-hydrogen) atoms. The lowest BCUT2D eigenvalue weighted by Gasteiger charge is -2.21. The van der Waals surface area contributed by atoms with Crippen molar-refractivity contribution in [3.63, 3.8) is 0 Å². The molecule has 0 spiro atoms. The number of anilines is 1. The summed E-state index contributed by atoms with van der Waals surface area (Å²) in [7, 11) is 4.11. The normalized spacial score (nSPS) is 18.7. The van der Waals surface area contributed by atoms with Gasteiger partial charge in [-0.1, -0.05) is 12.1 Å². The number of aromatic nitrogens is 3. The van der Waals surface area contributed by atoms with Crippen molar-refractivity contribution >= 4 is 5.69 Å². The van der Waals surface area contributed by atoms with E-state index in [1.165, 1.54) is 5.56 Å². The zero-order valence-corrected chi connectivity index (χ0v) is 20.0. The van der Waals surface area contributed by atoms with Gasteiger partial charge in [-0.2, -0.15) is 5.26 Å². The van der Waals surface area contributed by atoms with Crippen molar-refractivity contribution in [2.75, 3.05) is 38.6 Å². The van der Waals surface area contributed by atoms with E-state index >= 15 is 0 Å². The number of hydrogen-bond acceptors (Lipinski definition) is 5. The minimum absolute atomic E-state index is 0.245. The van der Waals surface area contributed by atoms with E-state index in [9.17, 15) is 5.11 Å². The number of imidazole rings is 1. The number of nitriles is 1. The Balaban J connectivity index is 1.36. The summed E-state index contributed by atoms with van der Waals surface area (Å²) in [6.07, 6.45) is 5.72. The van der Waals surface area contributed by atoms with E-state index in [1.807, 2.05) is 36.7 Å². The smallest absolute Gasteiger partial charge is 0.161 e. The largest absolute Gasteiger partial charge is 0.391 e. The van der Waals surface area contributed by atoms with Crippen LogP contribution in [0, 0.1) is 17.2 Å². The Morgan fingerprint density at radius 3 is 2.69 bits per heavy atom. The molecule has 4 aromatic rings. The minimum Gasteiger partial charge on any atom is -0.391 e. The van der Waals surface area contributed by atoms with E-state index in [1.54, 1.807) is 0 Å². The maximum absolute atomic E-state index is 10.6. The van der Waals surface area contributed by atoms with Crippen LogP contribution in [0.25, 0.3) is 28.3 Å². The van der Waals surface area contributed by atoms with Crippen LogP contribution in [0.2, 0.25) is 0 Å². The van der Waals surface area contributed by atoms with Crippen LogP contribution < -0.4 is 4.90 Å². The second kappa shape index (κ2) is 8.42. The predicted molar refractivity (Wildman–Crippen MR) is 137 cm³/mol. The molecule has 0 saturated carbocycles. The summed E-state index contributed by atoms with van der Waals surface area (Å²) in [5.74, 6) is 1.16. The van der Waals surface area contributed by atoms with Gasteiger partial charge < -0.3 is 19.5 Å². The molecule has 2 atom stereocenters. The molecule has 2 aromatic carbocycles. The predicted octanol–water partition coefficient (Wildman–Crippen LogP) is 3.60. The second-order valence-corrected chi connectivity index (χ2v) is 9.86. The molecule has 0 unspecified atom stereocenters. The molecule has 176 valence electrons. The second-order valence-electron chi connectivity index (χ2n) is 9.86. The van der Waals surface area contributed by atoms with Gasteiger partial charge in [0, 0.05) is 61.9 Å². The maximum atomic E-state index is 10.6. The van der Waals surface area contributed by atoms with E-state index in [0.29, 0.717) is 12.1 Å². The monoisotopic (exact) mass is 464 g/mol. The topological polar surface area (TPSA) is 73.2 Å². The number of nitrogens with zero attached hydrogens (tertiary/aromatic N) is 6. The average Bonchev–Trinajstić information content (AvgIpc) is 3.56. The van der Waals surface area contributed by atoms with Crippen molar-refractivity contribution in [2.45, 2.75) is 12.6 Å². The van der Waals surface area contributed by atoms with Gasteiger partial charge in [-0.05, 0) is 61.6 Å². The maximum Gasteiger partial charge on any atom is 0.161 e. The number of aliphatic hydroxyl groups excluding tert-OH is 1. The quantitative estimate of drug-likeness (QED) is 0.440. The fraction of sp³-hybridized carbons (Fsp3) is 0.286. The highest BCUT2D eigenvalue weighted by molar-refractivity contribution is 5.72. The van der Waals surface area contributed by atoms with Crippen molar-refractivity contribution in [2.24, 2.45) is 5.92 Å². The molecule has 2 aromatic heterocycles. The summed E-state index contributed by atoms with van der Waals surface area (Å²) in [6, 6.07) is 18.7. The Morgan fingerprint density at radius 1 is 1.09 bits per heavy atom. The van der Waals surface area contributed by atoms with Crippen LogP contribution in [0.15, 0.2) is 67.1 Å². The third-order valence-corrected chi connectivity index (χ3v) is 7.15. The third kappa shape index (κ3) is 3.81. The Hall–Kier alpha value is -3.86. The lowest BCUT2D eigenvalue weighted by molar-refractivity contribution is 0.130. The number of benzene rings is 2. The number of β-amino-alcohol motifs (C(OH)–C–C–N with tert-alkyl or cyclic N) is 1. The summed E-state index contributed by atoms with van der Waals surface area (Å²) in [4.78, 5) is 9.14. The van der Waals surface area contributed by atoms with E-state index in [4.69, 9.17) is 5.26 Å². The van der Waals surface area contributed by atoms with Crippen LogP contribution in [0.1, 0.15) is 11.1 Å².